The lowest BCUT2D eigenvalue weighted by atomic mass is 10.2. The average Bonchev–Trinajstić information content (AvgIpc) is 2.82. The lowest BCUT2D eigenvalue weighted by molar-refractivity contribution is -0.134. The van der Waals surface area contributed by atoms with E-state index < -0.39 is 89.6 Å². The van der Waals surface area contributed by atoms with E-state index in [0.29, 0.717) is 0 Å². The molecule has 8 amide bonds. The fourth-order valence-electron chi connectivity index (χ4n) is 2.80. The predicted molar refractivity (Wildman–Crippen MR) is 138 cm³/mol. The van der Waals surface area contributed by atoms with Crippen LogP contribution in [0.4, 0.5) is 0 Å². The van der Waals surface area contributed by atoms with Crippen molar-refractivity contribution in [2.24, 2.45) is 5.73 Å². The molecule has 0 aliphatic rings. The molecule has 0 aliphatic carbocycles. The molecular formula is C23H40N8O8. The standard InChI is InChI=1S/C23H40N8O8/c1-9(17(24)33)26-19(35)11(3)28-21(37)13(5)30-23(39)15(7)31-22(38)14(6)29-20(36)12(4)27-18(34)10(2)25-16(8)32/h9-15H,1-8H3,(H2,24,33)(H,25,32)(H,26,35)(H,27,34)(H,28,37)(H,29,36)(H,30,39)(H,31,38)/t9-,10-,11-,12-,13-,14-,15-/m0/s1. The molecule has 0 aliphatic heterocycles. The van der Waals surface area contributed by atoms with Crippen molar-refractivity contribution in [3.8, 4) is 0 Å². The minimum absolute atomic E-state index is 0.415. The summed E-state index contributed by atoms with van der Waals surface area (Å²) in [6, 6.07) is -7.11. The summed E-state index contributed by atoms with van der Waals surface area (Å²) in [4.78, 5) is 95.8. The lowest BCUT2D eigenvalue weighted by Crippen LogP contribution is -2.57. The first kappa shape index (κ1) is 34.8. The Labute approximate surface area is 226 Å². The molecule has 39 heavy (non-hydrogen) atoms. The minimum Gasteiger partial charge on any atom is -0.368 e. The number of nitrogens with one attached hydrogen (secondary N) is 7. The van der Waals surface area contributed by atoms with Crippen molar-refractivity contribution in [3.63, 3.8) is 0 Å². The Morgan fingerprint density at radius 3 is 0.744 bits per heavy atom. The van der Waals surface area contributed by atoms with E-state index in [-0.39, 0.29) is 0 Å². The maximum absolute atomic E-state index is 12.4. The molecule has 0 heterocycles. The summed E-state index contributed by atoms with van der Waals surface area (Å²) in [5.74, 6) is -5.19. The van der Waals surface area contributed by atoms with Crippen molar-refractivity contribution >= 4 is 47.3 Å². The zero-order valence-corrected chi connectivity index (χ0v) is 23.4. The molecule has 0 saturated carbocycles. The lowest BCUT2D eigenvalue weighted by Gasteiger charge is -2.23. The molecule has 0 spiro atoms. The van der Waals surface area contributed by atoms with Crippen molar-refractivity contribution in [1.82, 2.24) is 37.2 Å². The van der Waals surface area contributed by atoms with Crippen LogP contribution >= 0.6 is 0 Å². The topological polar surface area (TPSA) is 247 Å². The van der Waals surface area contributed by atoms with Crippen LogP contribution in [-0.4, -0.2) is 89.6 Å². The van der Waals surface area contributed by atoms with Crippen molar-refractivity contribution in [3.05, 3.63) is 0 Å². The normalized spacial score (nSPS) is 15.9. The van der Waals surface area contributed by atoms with Crippen molar-refractivity contribution in [2.75, 3.05) is 0 Å². The van der Waals surface area contributed by atoms with Gasteiger partial charge in [-0.15, -0.1) is 0 Å². The van der Waals surface area contributed by atoms with Crippen LogP contribution < -0.4 is 43.0 Å². The second-order valence-electron chi connectivity index (χ2n) is 9.21. The van der Waals surface area contributed by atoms with Crippen LogP contribution in [0.3, 0.4) is 0 Å². The summed E-state index contributed by atoms with van der Waals surface area (Å²) in [7, 11) is 0. The summed E-state index contributed by atoms with van der Waals surface area (Å²) < 4.78 is 0. The number of primary amides is 1. The van der Waals surface area contributed by atoms with Gasteiger partial charge >= 0.3 is 0 Å². The molecular weight excluding hydrogens is 516 g/mol. The van der Waals surface area contributed by atoms with Gasteiger partial charge in [0, 0.05) is 6.92 Å². The quantitative estimate of drug-likeness (QED) is 0.105. The molecule has 16 nitrogen and oxygen atoms in total. The third-order valence-electron chi connectivity index (χ3n) is 5.36. The molecule has 0 radical (unpaired) electrons. The van der Waals surface area contributed by atoms with Gasteiger partial charge in [0.05, 0.1) is 0 Å². The van der Waals surface area contributed by atoms with E-state index >= 15 is 0 Å². The van der Waals surface area contributed by atoms with Crippen molar-refractivity contribution in [1.29, 1.82) is 0 Å². The molecule has 0 saturated heterocycles. The SMILES string of the molecule is CC(=O)N[C@@H](C)C(=O)N[C@@H](C)C(=O)N[C@@H](C)C(=O)N[C@@H](C)C(=O)N[C@@H](C)C(=O)N[C@@H](C)C(=O)N[C@@H](C)C(N)=O. The smallest absolute Gasteiger partial charge is 0.242 e. The van der Waals surface area contributed by atoms with E-state index in [1.54, 1.807) is 0 Å². The zero-order chi connectivity index (χ0) is 30.6. The molecule has 220 valence electrons. The molecule has 0 bridgehead atoms. The van der Waals surface area contributed by atoms with Crippen LogP contribution in [-0.2, 0) is 38.4 Å². The van der Waals surface area contributed by atoms with Gasteiger partial charge in [-0.1, -0.05) is 0 Å². The van der Waals surface area contributed by atoms with Gasteiger partial charge in [-0.25, -0.2) is 0 Å². The first-order valence-corrected chi connectivity index (χ1v) is 12.3. The Bertz CT molecular complexity index is 972. The highest BCUT2D eigenvalue weighted by Crippen LogP contribution is 1.94. The summed E-state index contributed by atoms with van der Waals surface area (Å²) >= 11 is 0. The second-order valence-corrected chi connectivity index (χ2v) is 9.21. The maximum atomic E-state index is 12.4. The first-order valence-electron chi connectivity index (χ1n) is 12.3. The van der Waals surface area contributed by atoms with E-state index in [9.17, 15) is 38.4 Å². The van der Waals surface area contributed by atoms with Crippen LogP contribution in [0.1, 0.15) is 55.4 Å². The van der Waals surface area contributed by atoms with Gasteiger partial charge < -0.3 is 43.0 Å². The Morgan fingerprint density at radius 1 is 0.385 bits per heavy atom. The summed E-state index contributed by atoms with van der Waals surface area (Å²) in [5, 5.41) is 16.7. The van der Waals surface area contributed by atoms with Crippen LogP contribution in [0.15, 0.2) is 0 Å². The van der Waals surface area contributed by atoms with Crippen LogP contribution in [0.5, 0.6) is 0 Å². The first-order chi connectivity index (χ1) is 17.9. The molecule has 0 unspecified atom stereocenters. The fraction of sp³-hybridized carbons (Fsp3) is 0.652. The van der Waals surface area contributed by atoms with Gasteiger partial charge in [0.2, 0.25) is 47.3 Å². The predicted octanol–water partition coefficient (Wildman–Crippen LogP) is -3.98. The summed E-state index contributed by atoms with van der Waals surface area (Å²) in [6.45, 7) is 10.9. The summed E-state index contributed by atoms with van der Waals surface area (Å²) in [6.07, 6.45) is 0. The molecule has 16 heteroatoms. The van der Waals surface area contributed by atoms with Gasteiger partial charge in [0.25, 0.3) is 0 Å². The van der Waals surface area contributed by atoms with Gasteiger partial charge in [-0.3, -0.25) is 38.4 Å². The number of carbonyl (C=O) groups excluding carboxylic acids is 8. The molecule has 0 rings (SSSR count). The molecule has 0 aromatic rings. The third-order valence-corrected chi connectivity index (χ3v) is 5.36. The van der Waals surface area contributed by atoms with E-state index in [2.05, 4.69) is 37.2 Å². The molecule has 9 N–H and O–H groups in total. The fourth-order valence-corrected chi connectivity index (χ4v) is 2.80. The van der Waals surface area contributed by atoms with Gasteiger partial charge in [-0.2, -0.15) is 0 Å². The van der Waals surface area contributed by atoms with Crippen LogP contribution in [0, 0.1) is 0 Å². The van der Waals surface area contributed by atoms with Gasteiger partial charge in [0.15, 0.2) is 0 Å². The van der Waals surface area contributed by atoms with Crippen LogP contribution in [0.2, 0.25) is 0 Å². The number of hydrogen-bond acceptors (Lipinski definition) is 8. The summed E-state index contributed by atoms with van der Waals surface area (Å²) in [5.41, 5.74) is 5.08. The van der Waals surface area contributed by atoms with E-state index in [1.807, 2.05) is 0 Å². The highest BCUT2D eigenvalue weighted by molar-refractivity contribution is 5.96. The second kappa shape index (κ2) is 15.9. The van der Waals surface area contributed by atoms with Crippen LogP contribution in [0.25, 0.3) is 0 Å². The number of amides is 8. The monoisotopic (exact) mass is 556 g/mol. The van der Waals surface area contributed by atoms with Crippen molar-refractivity contribution < 1.29 is 38.4 Å². The Balaban J connectivity index is 4.74. The van der Waals surface area contributed by atoms with Gasteiger partial charge in [-0.05, 0) is 48.5 Å². The van der Waals surface area contributed by atoms with Crippen molar-refractivity contribution in [2.45, 2.75) is 97.7 Å². The number of rotatable bonds is 14. The highest BCUT2D eigenvalue weighted by Gasteiger charge is 2.27. The third kappa shape index (κ3) is 12.7. The Morgan fingerprint density at radius 2 is 0.564 bits per heavy atom. The number of nitrogens with two attached hydrogens (primary N) is 1. The Kier molecular flexibility index (Phi) is 14.2. The largest absolute Gasteiger partial charge is 0.368 e. The average molecular weight is 557 g/mol. The molecule has 0 aromatic carbocycles. The zero-order valence-electron chi connectivity index (χ0n) is 23.4. The molecule has 0 fully saturated rings. The maximum Gasteiger partial charge on any atom is 0.242 e. The number of hydrogen-bond donors (Lipinski definition) is 8. The highest BCUT2D eigenvalue weighted by atomic mass is 16.2. The molecule has 7 atom stereocenters. The minimum atomic E-state index is -1.10. The van der Waals surface area contributed by atoms with E-state index in [4.69, 9.17) is 5.73 Å². The Hall–Kier alpha value is -4.24. The van der Waals surface area contributed by atoms with E-state index in [1.165, 1.54) is 55.4 Å². The molecule has 0 aromatic heterocycles. The number of carbonyl (C=O) groups is 8. The van der Waals surface area contributed by atoms with E-state index in [0.717, 1.165) is 0 Å². The van der Waals surface area contributed by atoms with Gasteiger partial charge in [0.1, 0.15) is 42.3 Å².